The molecule has 3 aliphatic heterocycles. The van der Waals surface area contributed by atoms with E-state index in [0.29, 0.717) is 53.8 Å². The van der Waals surface area contributed by atoms with E-state index >= 15 is 0 Å². The average Bonchev–Trinajstić information content (AvgIpc) is 3.34. The second-order valence-electron chi connectivity index (χ2n) is 10.6. The van der Waals surface area contributed by atoms with E-state index in [1.165, 1.54) is 0 Å². The Labute approximate surface area is 232 Å². The number of nitrogens with one attached hydrogen (secondary N) is 1. The van der Waals surface area contributed by atoms with Crippen LogP contribution in [0.4, 0.5) is 0 Å². The van der Waals surface area contributed by atoms with Crippen molar-refractivity contribution in [2.24, 2.45) is 0 Å². The van der Waals surface area contributed by atoms with Crippen LogP contribution in [0, 0.1) is 0 Å². The predicted molar refractivity (Wildman–Crippen MR) is 150 cm³/mol. The number of ether oxygens (including phenoxy) is 3. The molecule has 10 heteroatoms. The van der Waals surface area contributed by atoms with Crippen molar-refractivity contribution in [3.8, 4) is 22.9 Å². The molecule has 0 radical (unpaired) electrons. The van der Waals surface area contributed by atoms with E-state index in [2.05, 4.69) is 24.1 Å². The number of pyridine rings is 2. The summed E-state index contributed by atoms with van der Waals surface area (Å²) in [5.74, 6) is 0.623. The first-order valence-corrected chi connectivity index (χ1v) is 14.2. The summed E-state index contributed by atoms with van der Waals surface area (Å²) < 4.78 is 18.6. The Kier molecular flexibility index (Phi) is 7.02. The average molecular weight is 549 g/mol. The number of nitrogens with zero attached hydrogens (tertiary/aromatic N) is 3. The number of hydrogen-bond acceptors (Lipinski definition) is 9. The number of esters is 1. The van der Waals surface area contributed by atoms with Crippen molar-refractivity contribution < 1.29 is 24.1 Å². The number of aliphatic hydroxyl groups is 1. The molecule has 0 spiro atoms. The van der Waals surface area contributed by atoms with E-state index < -0.39 is 11.6 Å². The van der Waals surface area contributed by atoms with Crippen LogP contribution in [0.1, 0.15) is 49.4 Å². The topological polar surface area (TPSA) is 115 Å². The van der Waals surface area contributed by atoms with Gasteiger partial charge < -0.3 is 34.1 Å². The minimum absolute atomic E-state index is 0.105. The molecular weight excluding hydrogens is 512 g/mol. The number of likely N-dealkylation sites (N-methyl/N-ethyl adjacent to an activating group) is 1. The highest BCUT2D eigenvalue weighted by Gasteiger charge is 2.45. The number of benzene rings is 1. The van der Waals surface area contributed by atoms with Crippen LogP contribution in [0.3, 0.4) is 0 Å². The van der Waals surface area contributed by atoms with Crippen molar-refractivity contribution in [2.75, 3.05) is 45.9 Å². The lowest BCUT2D eigenvalue weighted by molar-refractivity contribution is -0.172. The largest absolute Gasteiger partial charge is 0.486 e. The molecular formula is C30H36N4O6. The summed E-state index contributed by atoms with van der Waals surface area (Å²) >= 11 is 0. The van der Waals surface area contributed by atoms with Gasteiger partial charge in [-0.2, -0.15) is 0 Å². The van der Waals surface area contributed by atoms with Crippen molar-refractivity contribution in [3.05, 3.63) is 50.8 Å². The van der Waals surface area contributed by atoms with Crippen LogP contribution in [0.5, 0.6) is 11.5 Å². The van der Waals surface area contributed by atoms with Gasteiger partial charge in [0.05, 0.1) is 29.0 Å². The van der Waals surface area contributed by atoms with Crippen LogP contribution in [-0.2, 0) is 34.7 Å². The maximum Gasteiger partial charge on any atom is 0.343 e. The fraction of sp³-hybridized carbons (Fsp3) is 0.500. The predicted octanol–water partition coefficient (Wildman–Crippen LogP) is 2.32. The van der Waals surface area contributed by atoms with Crippen LogP contribution >= 0.6 is 0 Å². The highest BCUT2D eigenvalue weighted by Crippen LogP contribution is 2.42. The smallest absolute Gasteiger partial charge is 0.343 e. The monoisotopic (exact) mass is 548 g/mol. The molecule has 5 heterocycles. The molecule has 1 atom stereocenters. The van der Waals surface area contributed by atoms with Crippen molar-refractivity contribution >= 4 is 16.9 Å². The molecule has 3 aromatic rings. The number of fused-ring (bicyclic) bond motifs is 6. The lowest BCUT2D eigenvalue weighted by Gasteiger charge is -2.31. The molecule has 6 rings (SSSR count). The molecule has 212 valence electrons. The Balaban J connectivity index is 1.44. The van der Waals surface area contributed by atoms with E-state index in [4.69, 9.17) is 19.2 Å². The van der Waals surface area contributed by atoms with Gasteiger partial charge in [-0.15, -0.1) is 0 Å². The third-order valence-electron chi connectivity index (χ3n) is 8.52. The van der Waals surface area contributed by atoms with Crippen LogP contribution in [0.25, 0.3) is 22.3 Å². The number of rotatable bonds is 9. The van der Waals surface area contributed by atoms with Crippen molar-refractivity contribution in [1.29, 1.82) is 0 Å². The third kappa shape index (κ3) is 4.25. The van der Waals surface area contributed by atoms with Crippen LogP contribution in [0.2, 0.25) is 0 Å². The molecule has 2 aromatic heterocycles. The summed E-state index contributed by atoms with van der Waals surface area (Å²) in [6.45, 7) is 11.9. The first kappa shape index (κ1) is 26.7. The van der Waals surface area contributed by atoms with Gasteiger partial charge in [-0.05, 0) is 50.2 Å². The van der Waals surface area contributed by atoms with Crippen molar-refractivity contribution in [3.63, 3.8) is 0 Å². The maximum absolute atomic E-state index is 13.7. The Hall–Kier alpha value is -3.47. The van der Waals surface area contributed by atoms with E-state index in [1.807, 2.05) is 12.1 Å². The summed E-state index contributed by atoms with van der Waals surface area (Å²) in [5.41, 5.74) is 2.65. The van der Waals surface area contributed by atoms with Crippen LogP contribution < -0.4 is 20.3 Å². The number of cyclic esters (lactones) is 1. The van der Waals surface area contributed by atoms with E-state index in [0.717, 1.165) is 61.2 Å². The highest BCUT2D eigenvalue weighted by molar-refractivity contribution is 5.91. The van der Waals surface area contributed by atoms with E-state index in [1.54, 1.807) is 17.6 Å². The first-order chi connectivity index (χ1) is 19.4. The van der Waals surface area contributed by atoms with Gasteiger partial charge in [0.25, 0.3) is 5.56 Å². The zero-order valence-electron chi connectivity index (χ0n) is 23.3. The molecule has 2 N–H and O–H groups in total. The zero-order chi connectivity index (χ0) is 28.0. The molecule has 40 heavy (non-hydrogen) atoms. The molecule has 0 saturated heterocycles. The van der Waals surface area contributed by atoms with Gasteiger partial charge >= 0.3 is 5.97 Å². The summed E-state index contributed by atoms with van der Waals surface area (Å²) in [5, 5.41) is 15.8. The molecule has 10 nitrogen and oxygen atoms in total. The van der Waals surface area contributed by atoms with Crippen LogP contribution in [0.15, 0.2) is 23.0 Å². The first-order valence-electron chi connectivity index (χ1n) is 14.2. The second-order valence-corrected chi connectivity index (χ2v) is 10.6. The minimum Gasteiger partial charge on any atom is -0.486 e. The number of carbonyl (C=O) groups is 1. The Bertz CT molecular complexity index is 1550. The van der Waals surface area contributed by atoms with Crippen molar-refractivity contribution in [2.45, 2.75) is 52.4 Å². The Morgan fingerprint density at radius 1 is 1.02 bits per heavy atom. The number of hydrogen-bond donors (Lipinski definition) is 2. The van der Waals surface area contributed by atoms with Gasteiger partial charge in [0.15, 0.2) is 17.1 Å². The lowest BCUT2D eigenvalue weighted by Crippen LogP contribution is -2.44. The Morgan fingerprint density at radius 3 is 2.50 bits per heavy atom. The summed E-state index contributed by atoms with van der Waals surface area (Å²) in [7, 11) is 0. The van der Waals surface area contributed by atoms with E-state index in [9.17, 15) is 14.7 Å². The lowest BCUT2D eigenvalue weighted by atomic mass is 9.86. The third-order valence-corrected chi connectivity index (χ3v) is 8.52. The molecule has 0 aliphatic carbocycles. The normalized spacial score (nSPS) is 19.0. The second kappa shape index (κ2) is 10.5. The molecule has 0 amide bonds. The molecule has 0 saturated carbocycles. The van der Waals surface area contributed by atoms with Crippen molar-refractivity contribution in [1.82, 2.24) is 19.8 Å². The van der Waals surface area contributed by atoms with Gasteiger partial charge in [-0.25, -0.2) is 9.78 Å². The Morgan fingerprint density at radius 2 is 1.77 bits per heavy atom. The summed E-state index contributed by atoms with van der Waals surface area (Å²) in [6, 6.07) is 5.66. The number of carbonyl (C=O) groups excluding carboxylic acids is 1. The molecule has 0 unspecified atom stereocenters. The number of aromatic nitrogens is 2. The SMILES string of the molecule is CCN(CC)CCNCCc1c2c(nc3cc4c(cc13)OCCO4)-c1cc3c(c(=O)n1C2)COC(=O)[C@]3(O)CC. The highest BCUT2D eigenvalue weighted by atomic mass is 16.6. The van der Waals surface area contributed by atoms with Gasteiger partial charge in [-0.3, -0.25) is 4.79 Å². The van der Waals surface area contributed by atoms with Gasteiger partial charge in [0.2, 0.25) is 0 Å². The minimum atomic E-state index is -1.86. The maximum atomic E-state index is 13.7. The fourth-order valence-electron chi connectivity index (χ4n) is 6.10. The quantitative estimate of drug-likeness (QED) is 0.240. The molecule has 1 aromatic carbocycles. The summed E-state index contributed by atoms with van der Waals surface area (Å²) in [6.07, 6.45) is 0.843. The zero-order valence-corrected chi connectivity index (χ0v) is 23.3. The standard InChI is InChI=1S/C30H36N4O6/c1-4-30(37)22-14-24-27-20(16-34(24)28(35)21(22)17-40-29(30)36)18(7-8-31-9-10-33(5-2)6-3)19-13-25-26(15-23(19)32-27)39-12-11-38-25/h13-15,31,37H,4-12,16-17H2,1-3H3/t30-/m0/s1. The van der Waals surface area contributed by atoms with Gasteiger partial charge in [0, 0.05) is 35.7 Å². The van der Waals surface area contributed by atoms with Gasteiger partial charge in [-0.1, -0.05) is 20.8 Å². The summed E-state index contributed by atoms with van der Waals surface area (Å²) in [4.78, 5) is 33.6. The molecule has 3 aliphatic rings. The molecule has 0 fully saturated rings. The fourth-order valence-corrected chi connectivity index (χ4v) is 6.10. The molecule has 0 bridgehead atoms. The van der Waals surface area contributed by atoms with E-state index in [-0.39, 0.29) is 18.6 Å². The van der Waals surface area contributed by atoms with Crippen LogP contribution in [-0.4, -0.2) is 71.5 Å². The van der Waals surface area contributed by atoms with Gasteiger partial charge in [0.1, 0.15) is 19.8 Å².